The van der Waals surface area contributed by atoms with Gasteiger partial charge in [-0.25, -0.2) is 4.79 Å². The molecule has 2 aliphatic rings. The number of carbonyl (C=O) groups is 1. The molecule has 16 heavy (non-hydrogen) atoms. The first kappa shape index (κ1) is 9.51. The number of nitrogens with zero attached hydrogens (tertiary/aromatic N) is 1. The number of cyclic esters (lactones) is 1. The van der Waals surface area contributed by atoms with Crippen LogP contribution in [0.3, 0.4) is 0 Å². The van der Waals surface area contributed by atoms with E-state index in [0.717, 1.165) is 18.4 Å². The summed E-state index contributed by atoms with van der Waals surface area (Å²) in [4.78, 5) is 13.4. The minimum Gasteiger partial charge on any atom is -0.508 e. The van der Waals surface area contributed by atoms with Crippen molar-refractivity contribution in [1.29, 1.82) is 0 Å². The molecule has 1 N–H and O–H groups in total. The van der Waals surface area contributed by atoms with Crippen LogP contribution in [0.25, 0.3) is 0 Å². The van der Waals surface area contributed by atoms with Crippen LogP contribution in [-0.2, 0) is 4.74 Å². The number of aromatic hydroxyl groups is 1. The Morgan fingerprint density at radius 3 is 2.56 bits per heavy atom. The van der Waals surface area contributed by atoms with Crippen molar-refractivity contribution in [3.8, 4) is 5.75 Å². The third-order valence-corrected chi connectivity index (χ3v) is 3.09. The number of rotatable bonds is 2. The molecule has 1 heterocycles. The van der Waals surface area contributed by atoms with E-state index in [1.807, 2.05) is 0 Å². The van der Waals surface area contributed by atoms with Gasteiger partial charge in [0.05, 0.1) is 6.54 Å². The lowest BCUT2D eigenvalue weighted by molar-refractivity contribution is 0.132. The standard InChI is InChI=1S/C12H13NO3/c14-10-5-1-8(2-6-10)11-7-13(9-3-4-9)12(15)16-11/h1-2,5-6,9,11,14H,3-4,7H2. The largest absolute Gasteiger partial charge is 0.508 e. The fourth-order valence-corrected chi connectivity index (χ4v) is 2.03. The van der Waals surface area contributed by atoms with Gasteiger partial charge in [0.15, 0.2) is 0 Å². The van der Waals surface area contributed by atoms with Crippen LogP contribution in [0.1, 0.15) is 24.5 Å². The molecule has 1 atom stereocenters. The molecule has 4 nitrogen and oxygen atoms in total. The summed E-state index contributed by atoms with van der Waals surface area (Å²) in [5.41, 5.74) is 0.939. The van der Waals surface area contributed by atoms with Crippen LogP contribution in [-0.4, -0.2) is 28.7 Å². The molecule has 0 spiro atoms. The summed E-state index contributed by atoms with van der Waals surface area (Å²) in [6, 6.07) is 7.22. The zero-order chi connectivity index (χ0) is 11.1. The van der Waals surface area contributed by atoms with E-state index in [0.29, 0.717) is 12.6 Å². The van der Waals surface area contributed by atoms with Crippen molar-refractivity contribution in [3.63, 3.8) is 0 Å². The van der Waals surface area contributed by atoms with Gasteiger partial charge in [0.25, 0.3) is 0 Å². The van der Waals surface area contributed by atoms with Gasteiger partial charge in [-0.1, -0.05) is 12.1 Å². The smallest absolute Gasteiger partial charge is 0.410 e. The van der Waals surface area contributed by atoms with Crippen LogP contribution >= 0.6 is 0 Å². The maximum absolute atomic E-state index is 11.6. The molecule has 1 aliphatic heterocycles. The van der Waals surface area contributed by atoms with Crippen LogP contribution in [0.4, 0.5) is 4.79 Å². The predicted molar refractivity (Wildman–Crippen MR) is 57.1 cm³/mol. The molecule has 3 rings (SSSR count). The molecule has 4 heteroatoms. The second kappa shape index (κ2) is 3.40. The van der Waals surface area contributed by atoms with Crippen LogP contribution in [0.2, 0.25) is 0 Å². The SMILES string of the molecule is O=C1OC(c2ccc(O)cc2)CN1C1CC1. The highest BCUT2D eigenvalue weighted by atomic mass is 16.6. The van der Waals surface area contributed by atoms with Crippen molar-refractivity contribution in [2.75, 3.05) is 6.54 Å². The van der Waals surface area contributed by atoms with E-state index in [2.05, 4.69) is 0 Å². The number of benzene rings is 1. The zero-order valence-electron chi connectivity index (χ0n) is 8.80. The third-order valence-electron chi connectivity index (χ3n) is 3.09. The Labute approximate surface area is 93.4 Å². The van der Waals surface area contributed by atoms with Crippen molar-refractivity contribution in [3.05, 3.63) is 29.8 Å². The van der Waals surface area contributed by atoms with Crippen molar-refractivity contribution in [1.82, 2.24) is 4.90 Å². The zero-order valence-corrected chi connectivity index (χ0v) is 8.80. The fourth-order valence-electron chi connectivity index (χ4n) is 2.03. The van der Waals surface area contributed by atoms with Gasteiger partial charge in [-0.3, -0.25) is 0 Å². The number of phenols is 1. The molecule has 1 aromatic carbocycles. The topological polar surface area (TPSA) is 49.8 Å². The van der Waals surface area contributed by atoms with Crippen molar-refractivity contribution in [2.24, 2.45) is 0 Å². The fraction of sp³-hybridized carbons (Fsp3) is 0.417. The van der Waals surface area contributed by atoms with Gasteiger partial charge in [-0.2, -0.15) is 0 Å². The molecule has 1 amide bonds. The van der Waals surface area contributed by atoms with Crippen molar-refractivity contribution >= 4 is 6.09 Å². The van der Waals surface area contributed by atoms with E-state index in [-0.39, 0.29) is 17.9 Å². The molecular formula is C12H13NO3. The number of ether oxygens (including phenoxy) is 1. The van der Waals surface area contributed by atoms with Gasteiger partial charge >= 0.3 is 6.09 Å². The minimum atomic E-state index is -0.208. The average molecular weight is 219 g/mol. The first-order valence-corrected chi connectivity index (χ1v) is 5.50. The van der Waals surface area contributed by atoms with E-state index in [1.165, 1.54) is 0 Å². The Bertz CT molecular complexity index is 411. The summed E-state index contributed by atoms with van der Waals surface area (Å²) < 4.78 is 5.31. The summed E-state index contributed by atoms with van der Waals surface area (Å²) in [5.74, 6) is 0.229. The normalized spacial score (nSPS) is 24.6. The van der Waals surface area contributed by atoms with Gasteiger partial charge in [0, 0.05) is 6.04 Å². The van der Waals surface area contributed by atoms with Gasteiger partial charge in [0.1, 0.15) is 11.9 Å². The Morgan fingerprint density at radius 1 is 1.25 bits per heavy atom. The minimum absolute atomic E-state index is 0.186. The number of carbonyl (C=O) groups excluding carboxylic acids is 1. The monoisotopic (exact) mass is 219 g/mol. The predicted octanol–water partition coefficient (Wildman–Crippen LogP) is 2.05. The van der Waals surface area contributed by atoms with E-state index in [9.17, 15) is 9.90 Å². The number of hydrogen-bond acceptors (Lipinski definition) is 3. The lowest BCUT2D eigenvalue weighted by Crippen LogP contribution is -2.26. The quantitative estimate of drug-likeness (QED) is 0.828. The maximum atomic E-state index is 11.6. The maximum Gasteiger partial charge on any atom is 0.410 e. The second-order valence-corrected chi connectivity index (χ2v) is 4.35. The highest BCUT2D eigenvalue weighted by Gasteiger charge is 2.41. The van der Waals surface area contributed by atoms with E-state index in [1.54, 1.807) is 29.2 Å². The Balaban J connectivity index is 1.77. The number of amides is 1. The molecule has 0 bridgehead atoms. The Kier molecular flexibility index (Phi) is 2.02. The van der Waals surface area contributed by atoms with Crippen LogP contribution in [0, 0.1) is 0 Å². The highest BCUT2D eigenvalue weighted by molar-refractivity contribution is 5.71. The molecule has 1 saturated heterocycles. The van der Waals surface area contributed by atoms with E-state index in [4.69, 9.17) is 4.74 Å². The Hall–Kier alpha value is -1.71. The van der Waals surface area contributed by atoms with Crippen LogP contribution in [0.5, 0.6) is 5.75 Å². The van der Waals surface area contributed by atoms with E-state index >= 15 is 0 Å². The molecule has 84 valence electrons. The average Bonchev–Trinajstić information content (AvgIpc) is 3.04. The van der Waals surface area contributed by atoms with Crippen molar-refractivity contribution < 1.29 is 14.6 Å². The first-order chi connectivity index (χ1) is 7.74. The van der Waals surface area contributed by atoms with Gasteiger partial charge < -0.3 is 14.7 Å². The lowest BCUT2D eigenvalue weighted by atomic mass is 10.1. The summed E-state index contributed by atoms with van der Waals surface area (Å²) in [6.07, 6.45) is 1.80. The second-order valence-electron chi connectivity index (χ2n) is 4.35. The molecular weight excluding hydrogens is 206 g/mol. The number of phenolic OH excluding ortho intramolecular Hbond substituents is 1. The van der Waals surface area contributed by atoms with Gasteiger partial charge in [0.2, 0.25) is 0 Å². The third kappa shape index (κ3) is 1.60. The molecule has 2 fully saturated rings. The molecule has 0 aromatic heterocycles. The van der Waals surface area contributed by atoms with Gasteiger partial charge in [-0.05, 0) is 30.5 Å². The van der Waals surface area contributed by atoms with E-state index < -0.39 is 0 Å². The molecule has 0 radical (unpaired) electrons. The lowest BCUT2D eigenvalue weighted by Gasteiger charge is -2.10. The van der Waals surface area contributed by atoms with Crippen LogP contribution in [0.15, 0.2) is 24.3 Å². The summed E-state index contributed by atoms with van der Waals surface area (Å²) in [7, 11) is 0. The molecule has 1 saturated carbocycles. The number of hydrogen-bond donors (Lipinski definition) is 1. The van der Waals surface area contributed by atoms with Gasteiger partial charge in [-0.15, -0.1) is 0 Å². The summed E-state index contributed by atoms with van der Waals surface area (Å²) in [5, 5.41) is 9.18. The Morgan fingerprint density at radius 2 is 1.94 bits per heavy atom. The summed E-state index contributed by atoms with van der Waals surface area (Å²) in [6.45, 7) is 0.633. The van der Waals surface area contributed by atoms with Crippen molar-refractivity contribution in [2.45, 2.75) is 25.0 Å². The van der Waals surface area contributed by atoms with Crippen LogP contribution < -0.4 is 0 Å². The molecule has 1 unspecified atom stereocenters. The summed E-state index contributed by atoms with van der Waals surface area (Å²) >= 11 is 0. The highest BCUT2D eigenvalue weighted by Crippen LogP contribution is 2.35. The molecule has 1 aromatic rings. The first-order valence-electron chi connectivity index (χ1n) is 5.50. The molecule has 1 aliphatic carbocycles.